The van der Waals surface area contributed by atoms with Gasteiger partial charge in [-0.25, -0.2) is 4.98 Å². The van der Waals surface area contributed by atoms with Crippen LogP contribution in [0.1, 0.15) is 8.42 Å². The first kappa shape index (κ1) is 15.1. The van der Waals surface area contributed by atoms with Crippen molar-refractivity contribution >= 4 is 22.6 Å². The Balaban J connectivity index is 0.00000131. The fourth-order valence-electron chi connectivity index (χ4n) is 2.74. The average Bonchev–Trinajstić information content (AvgIpc) is 3.10. The number of rotatable bonds is 4. The van der Waals surface area contributed by atoms with E-state index in [1.807, 2.05) is 60.7 Å². The first-order valence-corrected chi connectivity index (χ1v) is 8.02. The molecule has 0 spiro atoms. The monoisotopic (exact) mass is 332 g/mol. The highest BCUT2D eigenvalue weighted by Crippen LogP contribution is 2.23. The topological polar surface area (TPSA) is 70.7 Å². The number of hydrogen-bond acceptors (Lipinski definition) is 3. The lowest BCUT2D eigenvalue weighted by atomic mass is 10.1. The summed E-state index contributed by atoms with van der Waals surface area (Å²) in [4.78, 5) is 16.8. The van der Waals surface area contributed by atoms with Crippen molar-refractivity contribution in [3.63, 3.8) is 0 Å². The van der Waals surface area contributed by atoms with Gasteiger partial charge in [-0.05, 0) is 29.8 Å². The largest absolute Gasteiger partial charge is 0.310 e. The Morgan fingerprint density at radius 1 is 1.04 bits per heavy atom. The van der Waals surface area contributed by atoms with Gasteiger partial charge in [0.25, 0.3) is 0 Å². The molecule has 0 bridgehead atoms. The molecule has 5 heteroatoms. The second-order valence-electron chi connectivity index (χ2n) is 5.79. The highest BCUT2D eigenvalue weighted by atomic mass is 16.1. The molecule has 0 atom stereocenters. The first-order valence-electron chi connectivity index (χ1n) is 8.02. The van der Waals surface area contributed by atoms with E-state index in [2.05, 4.69) is 20.5 Å². The van der Waals surface area contributed by atoms with Gasteiger partial charge in [0, 0.05) is 13.8 Å². The zero-order valence-electron chi connectivity index (χ0n) is 13.4. The Morgan fingerprint density at radius 2 is 1.92 bits per heavy atom. The summed E-state index contributed by atoms with van der Waals surface area (Å²) < 4.78 is 0. The number of hydrogen-bond donors (Lipinski definition) is 2. The number of nitrogens with one attached hydrogen (secondary N) is 2. The van der Waals surface area contributed by atoms with Gasteiger partial charge in [0.1, 0.15) is 5.82 Å². The van der Waals surface area contributed by atoms with Crippen LogP contribution in [0.15, 0.2) is 72.9 Å². The van der Waals surface area contributed by atoms with Crippen molar-refractivity contribution < 1.29 is 7.65 Å². The average molecular weight is 332 g/mol. The molecule has 2 aromatic carbocycles. The summed E-state index contributed by atoms with van der Waals surface area (Å²) in [5.41, 5.74) is 3.74. The minimum Gasteiger partial charge on any atom is -0.310 e. The lowest BCUT2D eigenvalue weighted by Crippen LogP contribution is -2.15. The van der Waals surface area contributed by atoms with E-state index < -0.39 is 0 Å². The molecule has 25 heavy (non-hydrogen) atoms. The van der Waals surface area contributed by atoms with Gasteiger partial charge >= 0.3 is 0 Å². The minimum atomic E-state index is -0.0823. The summed E-state index contributed by atoms with van der Waals surface area (Å²) in [5, 5.41) is 10.9. The van der Waals surface area contributed by atoms with Crippen LogP contribution in [0.2, 0.25) is 0 Å². The van der Waals surface area contributed by atoms with Gasteiger partial charge in [-0.2, -0.15) is 5.10 Å². The van der Waals surface area contributed by atoms with E-state index in [1.165, 1.54) is 0 Å². The highest BCUT2D eigenvalue weighted by molar-refractivity contribution is 5.91. The van der Waals surface area contributed by atoms with Crippen molar-refractivity contribution in [1.29, 1.82) is 0 Å². The molecule has 0 unspecified atom stereocenters. The number of nitrogens with zero attached hydrogens (tertiary/aromatic N) is 2. The van der Waals surface area contributed by atoms with E-state index in [0.717, 1.165) is 27.7 Å². The third kappa shape index (κ3) is 3.40. The fraction of sp³-hybridized carbons (Fsp3) is 0.0500. The SMILES string of the molecule is O=C(Cc1ccccc1)Nc1cccc(-c2ccc3[nH]ncc3c2)n1.[HH].[HH]. The summed E-state index contributed by atoms with van der Waals surface area (Å²) >= 11 is 0. The molecule has 0 aliphatic carbocycles. The Hall–Kier alpha value is -3.47. The van der Waals surface area contributed by atoms with Gasteiger partial charge < -0.3 is 5.32 Å². The number of H-pyrrole nitrogens is 1. The van der Waals surface area contributed by atoms with Crippen LogP contribution in [0.4, 0.5) is 5.82 Å². The summed E-state index contributed by atoms with van der Waals surface area (Å²) in [6, 6.07) is 21.2. The van der Waals surface area contributed by atoms with Gasteiger partial charge in [0.05, 0.1) is 23.8 Å². The van der Waals surface area contributed by atoms with Crippen LogP contribution in [-0.4, -0.2) is 21.1 Å². The molecule has 0 aliphatic heterocycles. The van der Waals surface area contributed by atoms with E-state index >= 15 is 0 Å². The Kier molecular flexibility index (Phi) is 3.96. The second kappa shape index (κ2) is 6.57. The maximum absolute atomic E-state index is 12.2. The molecule has 0 saturated heterocycles. The first-order chi connectivity index (χ1) is 12.3. The van der Waals surface area contributed by atoms with Crippen molar-refractivity contribution in [3.8, 4) is 11.3 Å². The minimum absolute atomic E-state index is 0. The molecule has 4 rings (SSSR count). The zero-order valence-corrected chi connectivity index (χ0v) is 13.4. The summed E-state index contributed by atoms with van der Waals surface area (Å²) in [6.45, 7) is 0. The van der Waals surface area contributed by atoms with E-state index in [9.17, 15) is 4.79 Å². The molecule has 0 fully saturated rings. The molecule has 2 aromatic heterocycles. The number of benzene rings is 2. The second-order valence-corrected chi connectivity index (χ2v) is 5.79. The van der Waals surface area contributed by atoms with Crippen molar-refractivity contribution in [3.05, 3.63) is 78.5 Å². The zero-order chi connectivity index (χ0) is 17.1. The lowest BCUT2D eigenvalue weighted by Gasteiger charge is -2.07. The maximum atomic E-state index is 12.2. The standard InChI is InChI=1S/C20H16N4O.2H2/c25-20(11-14-5-2-1-3-6-14)23-19-8-4-7-17(22-19)15-9-10-18-16(12-15)13-21-24-18;;/h1-10,12-13H,11H2,(H,21,24)(H,22,23,25);2*1H. The quantitative estimate of drug-likeness (QED) is 0.585. The van der Waals surface area contributed by atoms with E-state index in [1.54, 1.807) is 12.3 Å². The van der Waals surface area contributed by atoms with Gasteiger partial charge in [-0.15, -0.1) is 0 Å². The molecule has 4 aromatic rings. The third-order valence-electron chi connectivity index (χ3n) is 3.96. The van der Waals surface area contributed by atoms with Gasteiger partial charge in [-0.3, -0.25) is 9.89 Å². The highest BCUT2D eigenvalue weighted by Gasteiger charge is 2.07. The molecule has 126 valence electrons. The normalized spacial score (nSPS) is 10.7. The molecule has 0 aliphatic rings. The van der Waals surface area contributed by atoms with Crippen LogP contribution in [-0.2, 0) is 11.2 Å². The number of pyridine rings is 1. The molecule has 0 radical (unpaired) electrons. The van der Waals surface area contributed by atoms with E-state index in [0.29, 0.717) is 12.2 Å². The van der Waals surface area contributed by atoms with Crippen molar-refractivity contribution in [2.75, 3.05) is 5.32 Å². The third-order valence-corrected chi connectivity index (χ3v) is 3.96. The molecular weight excluding hydrogens is 312 g/mol. The summed E-state index contributed by atoms with van der Waals surface area (Å²) in [6.07, 6.45) is 2.11. The van der Waals surface area contributed by atoms with Crippen LogP contribution >= 0.6 is 0 Å². The van der Waals surface area contributed by atoms with Gasteiger partial charge in [0.15, 0.2) is 0 Å². The van der Waals surface area contributed by atoms with Gasteiger partial charge in [0.2, 0.25) is 5.91 Å². The van der Waals surface area contributed by atoms with Crippen LogP contribution in [0.5, 0.6) is 0 Å². The molecule has 2 N–H and O–H groups in total. The number of carbonyl (C=O) groups excluding carboxylic acids is 1. The van der Waals surface area contributed by atoms with Crippen LogP contribution in [0.3, 0.4) is 0 Å². The number of aromatic nitrogens is 3. The lowest BCUT2D eigenvalue weighted by molar-refractivity contribution is -0.115. The predicted octanol–water partition coefficient (Wildman–Crippen LogP) is 4.30. The van der Waals surface area contributed by atoms with Crippen molar-refractivity contribution in [2.24, 2.45) is 0 Å². The molecule has 2 heterocycles. The number of anilines is 1. The number of carbonyl (C=O) groups is 1. The maximum Gasteiger partial charge on any atom is 0.229 e. The molecular formula is C20H20N4O. The van der Waals surface area contributed by atoms with Gasteiger partial charge in [-0.1, -0.05) is 42.5 Å². The number of aromatic amines is 1. The predicted molar refractivity (Wildman–Crippen MR) is 102 cm³/mol. The van der Waals surface area contributed by atoms with E-state index in [-0.39, 0.29) is 8.76 Å². The summed E-state index contributed by atoms with van der Waals surface area (Å²) in [7, 11) is 0. The Labute approximate surface area is 147 Å². The molecule has 0 saturated carbocycles. The van der Waals surface area contributed by atoms with Crippen LogP contribution in [0.25, 0.3) is 22.2 Å². The molecule has 5 nitrogen and oxygen atoms in total. The van der Waals surface area contributed by atoms with E-state index in [4.69, 9.17) is 0 Å². The smallest absolute Gasteiger partial charge is 0.229 e. The van der Waals surface area contributed by atoms with Crippen molar-refractivity contribution in [2.45, 2.75) is 6.42 Å². The Bertz CT molecular complexity index is 1030. The summed E-state index contributed by atoms with van der Waals surface area (Å²) in [5.74, 6) is 0.465. The number of amides is 1. The fourth-order valence-corrected chi connectivity index (χ4v) is 2.74. The Morgan fingerprint density at radius 3 is 2.80 bits per heavy atom. The molecule has 1 amide bonds. The van der Waals surface area contributed by atoms with Crippen LogP contribution < -0.4 is 5.32 Å². The van der Waals surface area contributed by atoms with Crippen molar-refractivity contribution in [1.82, 2.24) is 15.2 Å². The van der Waals surface area contributed by atoms with Crippen LogP contribution in [0, 0.1) is 0 Å². The number of fused-ring (bicyclic) bond motifs is 1.